The first-order valence-corrected chi connectivity index (χ1v) is 4.41. The van der Waals surface area contributed by atoms with Gasteiger partial charge in [0.2, 0.25) is 0 Å². The summed E-state index contributed by atoms with van der Waals surface area (Å²) in [4.78, 5) is 0. The summed E-state index contributed by atoms with van der Waals surface area (Å²) in [6.07, 6.45) is 1.45. The van der Waals surface area contributed by atoms with Crippen LogP contribution >= 0.6 is 0 Å². The predicted octanol–water partition coefficient (Wildman–Crippen LogP) is 1.43. The van der Waals surface area contributed by atoms with Crippen LogP contribution in [0.2, 0.25) is 0 Å². The number of hydrogen-bond donors (Lipinski definition) is 1. The zero-order chi connectivity index (χ0) is 9.40. The van der Waals surface area contributed by atoms with Gasteiger partial charge in [-0.15, -0.1) is 0 Å². The van der Waals surface area contributed by atoms with Crippen LogP contribution in [-0.2, 0) is 4.74 Å². The van der Waals surface area contributed by atoms with Crippen molar-refractivity contribution >= 4 is 0 Å². The molecule has 12 heavy (non-hydrogen) atoms. The fourth-order valence-corrected chi connectivity index (χ4v) is 1.07. The first-order valence-electron chi connectivity index (χ1n) is 4.41. The van der Waals surface area contributed by atoms with Crippen molar-refractivity contribution in [1.82, 2.24) is 0 Å². The molecule has 1 atom stereocenters. The number of aliphatic hydroxyl groups is 1. The van der Waals surface area contributed by atoms with Crippen molar-refractivity contribution in [2.45, 2.75) is 32.8 Å². The molecule has 2 nitrogen and oxygen atoms in total. The lowest BCUT2D eigenvalue weighted by molar-refractivity contribution is 0.155. The molecule has 1 unspecified atom stereocenters. The van der Waals surface area contributed by atoms with Crippen LogP contribution in [0.4, 0.5) is 0 Å². The summed E-state index contributed by atoms with van der Waals surface area (Å²) in [5.41, 5.74) is 0. The van der Waals surface area contributed by atoms with E-state index in [1.54, 1.807) is 7.11 Å². The number of methoxy groups -OCH3 is 1. The summed E-state index contributed by atoms with van der Waals surface area (Å²) >= 11 is 0. The molecule has 1 N–H and O–H groups in total. The molecule has 0 aromatic rings. The Bertz CT molecular complexity index is 151. The van der Waals surface area contributed by atoms with E-state index in [1.165, 1.54) is 0 Å². The van der Waals surface area contributed by atoms with Crippen LogP contribution in [0.15, 0.2) is 0 Å². The van der Waals surface area contributed by atoms with E-state index >= 15 is 0 Å². The van der Waals surface area contributed by atoms with E-state index < -0.39 is 6.10 Å². The third kappa shape index (κ3) is 4.38. The van der Waals surface area contributed by atoms with Gasteiger partial charge in [-0.1, -0.05) is 25.7 Å². The second-order valence-electron chi connectivity index (χ2n) is 2.78. The number of hydrogen-bond acceptors (Lipinski definition) is 2. The highest BCUT2D eigenvalue weighted by Crippen LogP contribution is 2.11. The smallest absolute Gasteiger partial charge is 0.117 e. The molecule has 0 aromatic carbocycles. The molecule has 0 bridgehead atoms. The van der Waals surface area contributed by atoms with Gasteiger partial charge in [0.1, 0.15) is 12.7 Å². The third-order valence-electron chi connectivity index (χ3n) is 1.96. The van der Waals surface area contributed by atoms with Crippen LogP contribution in [0, 0.1) is 17.8 Å². The summed E-state index contributed by atoms with van der Waals surface area (Å²) in [6.45, 7) is 4.53. The molecule has 0 radical (unpaired) electrons. The average molecular weight is 170 g/mol. The van der Waals surface area contributed by atoms with Gasteiger partial charge >= 0.3 is 0 Å². The molecule has 0 heterocycles. The minimum Gasteiger partial charge on any atom is -0.380 e. The van der Waals surface area contributed by atoms with Gasteiger partial charge in [-0.05, 0) is 18.8 Å². The van der Waals surface area contributed by atoms with Gasteiger partial charge in [-0.3, -0.25) is 0 Å². The number of aliphatic hydroxyl groups excluding tert-OH is 1. The van der Waals surface area contributed by atoms with Crippen molar-refractivity contribution in [3.63, 3.8) is 0 Å². The van der Waals surface area contributed by atoms with Crippen LogP contribution < -0.4 is 0 Å². The maximum Gasteiger partial charge on any atom is 0.117 e. The summed E-state index contributed by atoms with van der Waals surface area (Å²) in [6, 6.07) is 0. The van der Waals surface area contributed by atoms with E-state index in [1.807, 2.05) is 0 Å². The van der Waals surface area contributed by atoms with Gasteiger partial charge in [-0.25, -0.2) is 0 Å². The molecule has 0 amide bonds. The largest absolute Gasteiger partial charge is 0.380 e. The van der Waals surface area contributed by atoms with E-state index in [2.05, 4.69) is 25.7 Å². The Labute approximate surface area is 74.9 Å². The maximum absolute atomic E-state index is 9.51. The Morgan fingerprint density at radius 2 is 1.92 bits per heavy atom. The highest BCUT2D eigenvalue weighted by atomic mass is 16.5. The molecule has 0 spiro atoms. The lowest BCUT2D eigenvalue weighted by Gasteiger charge is -2.13. The van der Waals surface area contributed by atoms with E-state index in [9.17, 15) is 5.11 Å². The molecular weight excluding hydrogens is 152 g/mol. The molecule has 0 saturated carbocycles. The normalized spacial score (nSPS) is 12.4. The second kappa shape index (κ2) is 7.15. The fourth-order valence-electron chi connectivity index (χ4n) is 1.07. The molecule has 0 aliphatic carbocycles. The molecule has 0 fully saturated rings. The van der Waals surface area contributed by atoms with Crippen molar-refractivity contribution in [3.05, 3.63) is 0 Å². The molecule has 0 aliphatic heterocycles. The van der Waals surface area contributed by atoms with Crippen LogP contribution in [0.5, 0.6) is 0 Å². The van der Waals surface area contributed by atoms with E-state index in [-0.39, 0.29) is 0 Å². The molecule has 0 saturated heterocycles. The van der Waals surface area contributed by atoms with Crippen LogP contribution in [0.1, 0.15) is 26.7 Å². The van der Waals surface area contributed by atoms with Crippen molar-refractivity contribution in [2.75, 3.05) is 13.7 Å². The topological polar surface area (TPSA) is 29.5 Å². The molecule has 0 rings (SSSR count). The lowest BCUT2D eigenvalue weighted by atomic mass is 9.97. The Hall–Kier alpha value is -0.520. The number of rotatable bonds is 4. The molecule has 0 aliphatic rings. The van der Waals surface area contributed by atoms with Crippen LogP contribution in [0.25, 0.3) is 0 Å². The van der Waals surface area contributed by atoms with Gasteiger partial charge in [0.25, 0.3) is 0 Å². The summed E-state index contributed by atoms with van der Waals surface area (Å²) in [7, 11) is 1.60. The zero-order valence-electron chi connectivity index (χ0n) is 8.13. The quantitative estimate of drug-likeness (QED) is 0.647. The van der Waals surface area contributed by atoms with Gasteiger partial charge in [0.15, 0.2) is 0 Å². The van der Waals surface area contributed by atoms with E-state index in [0.717, 1.165) is 12.8 Å². The zero-order valence-corrected chi connectivity index (χ0v) is 8.13. The van der Waals surface area contributed by atoms with Gasteiger partial charge in [0, 0.05) is 7.11 Å². The average Bonchev–Trinajstić information content (AvgIpc) is 2.07. The van der Waals surface area contributed by atoms with Crippen LogP contribution in [0.3, 0.4) is 0 Å². The fraction of sp³-hybridized carbons (Fsp3) is 0.800. The second-order valence-corrected chi connectivity index (χ2v) is 2.78. The summed E-state index contributed by atoms with van der Waals surface area (Å²) in [5, 5.41) is 9.51. The Morgan fingerprint density at radius 1 is 1.33 bits per heavy atom. The Morgan fingerprint density at radius 3 is 2.33 bits per heavy atom. The molecule has 2 heteroatoms. The minimum absolute atomic E-state index is 0.300. The summed E-state index contributed by atoms with van der Waals surface area (Å²) in [5.74, 6) is 5.83. The molecule has 0 aromatic heterocycles. The van der Waals surface area contributed by atoms with Crippen molar-refractivity contribution in [1.29, 1.82) is 0 Å². The van der Waals surface area contributed by atoms with Gasteiger partial charge in [0.05, 0.1) is 0 Å². The van der Waals surface area contributed by atoms with Crippen LogP contribution in [-0.4, -0.2) is 24.9 Å². The molecule has 70 valence electrons. The standard InChI is InChI=1S/C10H18O2/c1-4-9(5-2)10(11)7-6-8-12-3/h9-11H,4-5,8H2,1-3H3. The third-order valence-corrected chi connectivity index (χ3v) is 1.96. The predicted molar refractivity (Wildman–Crippen MR) is 49.7 cm³/mol. The SMILES string of the molecule is CCC(CC)C(O)C#CCOC. The Balaban J connectivity index is 3.84. The van der Waals surface area contributed by atoms with E-state index in [4.69, 9.17) is 4.74 Å². The Kier molecular flexibility index (Phi) is 6.84. The van der Waals surface area contributed by atoms with Crippen molar-refractivity contribution in [3.8, 4) is 11.8 Å². The highest BCUT2D eigenvalue weighted by molar-refractivity contribution is 5.06. The first kappa shape index (κ1) is 11.5. The van der Waals surface area contributed by atoms with E-state index in [0.29, 0.717) is 12.5 Å². The lowest BCUT2D eigenvalue weighted by Crippen LogP contribution is -2.16. The first-order chi connectivity index (χ1) is 5.76. The van der Waals surface area contributed by atoms with Crippen molar-refractivity contribution < 1.29 is 9.84 Å². The minimum atomic E-state index is -0.491. The monoisotopic (exact) mass is 170 g/mol. The highest BCUT2D eigenvalue weighted by Gasteiger charge is 2.11. The van der Waals surface area contributed by atoms with Gasteiger partial charge < -0.3 is 9.84 Å². The summed E-state index contributed by atoms with van der Waals surface area (Å²) < 4.78 is 4.75. The molecular formula is C10H18O2. The van der Waals surface area contributed by atoms with Crippen molar-refractivity contribution in [2.24, 2.45) is 5.92 Å². The number of ether oxygens (including phenoxy) is 1. The van der Waals surface area contributed by atoms with Gasteiger partial charge in [-0.2, -0.15) is 0 Å². The maximum atomic E-state index is 9.51.